The van der Waals surface area contributed by atoms with Crippen molar-refractivity contribution in [3.05, 3.63) is 24.2 Å². The van der Waals surface area contributed by atoms with Gasteiger partial charge in [0.2, 0.25) is 0 Å². The fourth-order valence-electron chi connectivity index (χ4n) is 1.75. The molecule has 1 saturated heterocycles. The first-order chi connectivity index (χ1) is 9.11. The summed E-state index contributed by atoms with van der Waals surface area (Å²) in [5.74, 6) is -0.886. The number of carbonyl (C=O) groups is 3. The van der Waals surface area contributed by atoms with Gasteiger partial charge in [0.15, 0.2) is 6.10 Å². The zero-order chi connectivity index (χ0) is 13.8. The molecule has 0 bridgehead atoms. The van der Waals surface area contributed by atoms with E-state index in [9.17, 15) is 14.4 Å². The van der Waals surface area contributed by atoms with Crippen LogP contribution >= 0.6 is 0 Å². The molecule has 1 amide bonds. The smallest absolute Gasteiger partial charge is 0.467 e. The van der Waals surface area contributed by atoms with Gasteiger partial charge in [-0.05, 0) is 19.1 Å². The minimum absolute atomic E-state index is 0.0111. The third-order valence-corrected chi connectivity index (χ3v) is 2.60. The molecule has 0 aromatic carbocycles. The zero-order valence-electron chi connectivity index (χ0n) is 10.3. The second kappa shape index (κ2) is 5.55. The lowest BCUT2D eigenvalue weighted by Gasteiger charge is -2.13. The Morgan fingerprint density at radius 3 is 2.95 bits per heavy atom. The van der Waals surface area contributed by atoms with Gasteiger partial charge in [0.25, 0.3) is 11.7 Å². The molecule has 2 heterocycles. The zero-order valence-corrected chi connectivity index (χ0v) is 10.3. The molecule has 1 aromatic heterocycles. The number of amides is 1. The van der Waals surface area contributed by atoms with Gasteiger partial charge in [-0.1, -0.05) is 0 Å². The van der Waals surface area contributed by atoms with Crippen LogP contribution in [-0.4, -0.2) is 42.0 Å². The average molecular weight is 267 g/mol. The van der Waals surface area contributed by atoms with Crippen LogP contribution in [0.5, 0.6) is 0 Å². The highest BCUT2D eigenvalue weighted by molar-refractivity contribution is 6.39. The second-order valence-electron chi connectivity index (χ2n) is 3.92. The third kappa shape index (κ3) is 2.93. The highest BCUT2D eigenvalue weighted by Crippen LogP contribution is 2.15. The molecule has 102 valence electrons. The van der Waals surface area contributed by atoms with Crippen LogP contribution in [0.2, 0.25) is 0 Å². The van der Waals surface area contributed by atoms with Gasteiger partial charge in [-0.15, -0.1) is 0 Å². The van der Waals surface area contributed by atoms with Gasteiger partial charge in [-0.25, -0.2) is 4.79 Å². The van der Waals surface area contributed by atoms with E-state index in [2.05, 4.69) is 4.74 Å². The summed E-state index contributed by atoms with van der Waals surface area (Å²) >= 11 is 0. The van der Waals surface area contributed by atoms with Crippen LogP contribution in [0, 0.1) is 0 Å². The van der Waals surface area contributed by atoms with Gasteiger partial charge in [0, 0.05) is 0 Å². The lowest BCUT2D eigenvalue weighted by atomic mass is 10.3. The van der Waals surface area contributed by atoms with Crippen molar-refractivity contribution < 1.29 is 28.3 Å². The molecule has 7 nitrogen and oxygen atoms in total. The van der Waals surface area contributed by atoms with E-state index in [0.29, 0.717) is 5.76 Å². The summed E-state index contributed by atoms with van der Waals surface area (Å²) in [5, 5.41) is 0. The molecule has 1 aliphatic rings. The van der Waals surface area contributed by atoms with Crippen molar-refractivity contribution in [3.63, 3.8) is 0 Å². The number of nitrogens with zero attached hydrogens (tertiary/aromatic N) is 1. The van der Waals surface area contributed by atoms with Crippen molar-refractivity contribution in [3.8, 4) is 0 Å². The molecule has 0 N–H and O–H groups in total. The highest BCUT2D eigenvalue weighted by Gasteiger charge is 2.42. The van der Waals surface area contributed by atoms with E-state index in [1.807, 2.05) is 0 Å². The van der Waals surface area contributed by atoms with Crippen LogP contribution in [-0.2, 0) is 25.6 Å². The molecule has 1 atom stereocenters. The molecule has 0 radical (unpaired) electrons. The number of ketones is 1. The maximum absolute atomic E-state index is 11.7. The largest absolute Gasteiger partial charge is 0.509 e. The van der Waals surface area contributed by atoms with Crippen molar-refractivity contribution in [2.45, 2.75) is 19.6 Å². The minimum atomic E-state index is -1.11. The standard InChI is InChI=1S/C12H13NO6/c1-2-17-12(16)19-9-7-13(11(15)10(9)14)6-8-4-3-5-18-8/h3-5,9H,2,6-7H2,1H3. The molecule has 2 rings (SSSR count). The third-order valence-electron chi connectivity index (χ3n) is 2.60. The summed E-state index contributed by atoms with van der Waals surface area (Å²) < 4.78 is 14.4. The van der Waals surface area contributed by atoms with E-state index < -0.39 is 23.9 Å². The topological polar surface area (TPSA) is 86.1 Å². The van der Waals surface area contributed by atoms with Gasteiger partial charge in [0.1, 0.15) is 5.76 Å². The fourth-order valence-corrected chi connectivity index (χ4v) is 1.75. The Balaban J connectivity index is 1.96. The highest BCUT2D eigenvalue weighted by atomic mass is 16.7. The SMILES string of the molecule is CCOC(=O)OC1CN(Cc2ccco2)C(=O)C1=O. The number of likely N-dealkylation sites (tertiary alicyclic amines) is 1. The quantitative estimate of drug-likeness (QED) is 0.590. The van der Waals surface area contributed by atoms with E-state index in [1.165, 1.54) is 11.2 Å². The lowest BCUT2D eigenvalue weighted by Crippen LogP contribution is -2.27. The van der Waals surface area contributed by atoms with Crippen LogP contribution in [0.3, 0.4) is 0 Å². The van der Waals surface area contributed by atoms with Gasteiger partial charge in [0.05, 0.1) is 26.0 Å². The molecule has 19 heavy (non-hydrogen) atoms. The first-order valence-corrected chi connectivity index (χ1v) is 5.80. The monoisotopic (exact) mass is 267 g/mol. The summed E-state index contributed by atoms with van der Waals surface area (Å²) in [5.41, 5.74) is 0. The summed E-state index contributed by atoms with van der Waals surface area (Å²) in [6.07, 6.45) is -0.584. The van der Waals surface area contributed by atoms with E-state index in [0.717, 1.165) is 0 Å². The van der Waals surface area contributed by atoms with Crippen molar-refractivity contribution in [1.29, 1.82) is 0 Å². The normalized spacial score (nSPS) is 18.8. The van der Waals surface area contributed by atoms with Crippen LogP contribution in [0.4, 0.5) is 4.79 Å². The Bertz CT molecular complexity index is 480. The molecule has 1 aromatic rings. The summed E-state index contributed by atoms with van der Waals surface area (Å²) in [7, 11) is 0. The van der Waals surface area contributed by atoms with Crippen LogP contribution in [0.1, 0.15) is 12.7 Å². The number of ether oxygens (including phenoxy) is 2. The Kier molecular flexibility index (Phi) is 3.84. The Morgan fingerprint density at radius 1 is 1.53 bits per heavy atom. The average Bonchev–Trinajstić information content (AvgIpc) is 2.96. The molecule has 0 spiro atoms. The predicted molar refractivity (Wildman–Crippen MR) is 61.0 cm³/mol. The van der Waals surface area contributed by atoms with Crippen molar-refractivity contribution in [2.75, 3.05) is 13.2 Å². The Morgan fingerprint density at radius 2 is 2.32 bits per heavy atom. The van der Waals surface area contributed by atoms with Crippen molar-refractivity contribution in [2.24, 2.45) is 0 Å². The number of hydrogen-bond acceptors (Lipinski definition) is 6. The van der Waals surface area contributed by atoms with Crippen LogP contribution < -0.4 is 0 Å². The summed E-state index contributed by atoms with van der Waals surface area (Å²) in [6, 6.07) is 3.38. The first kappa shape index (κ1) is 13.1. The molecule has 1 fully saturated rings. The van der Waals surface area contributed by atoms with Crippen LogP contribution in [0.15, 0.2) is 22.8 Å². The van der Waals surface area contributed by atoms with E-state index in [4.69, 9.17) is 9.15 Å². The second-order valence-corrected chi connectivity index (χ2v) is 3.92. The number of Topliss-reactive ketones (excluding diaryl/α,β-unsaturated/α-hetero) is 1. The van der Waals surface area contributed by atoms with Gasteiger partial charge >= 0.3 is 6.16 Å². The Hall–Kier alpha value is -2.31. The van der Waals surface area contributed by atoms with Crippen LogP contribution in [0.25, 0.3) is 0 Å². The predicted octanol–water partition coefficient (Wildman–Crippen LogP) is 0.733. The maximum atomic E-state index is 11.7. The molecule has 7 heteroatoms. The number of hydrogen-bond donors (Lipinski definition) is 0. The number of furan rings is 1. The molecule has 0 saturated carbocycles. The number of carbonyl (C=O) groups excluding carboxylic acids is 3. The molecule has 1 aliphatic heterocycles. The fraction of sp³-hybridized carbons (Fsp3) is 0.417. The molecule has 1 unspecified atom stereocenters. The Labute approximate surface area is 109 Å². The van der Waals surface area contributed by atoms with Crippen molar-refractivity contribution in [1.82, 2.24) is 4.90 Å². The van der Waals surface area contributed by atoms with E-state index >= 15 is 0 Å². The summed E-state index contributed by atoms with van der Waals surface area (Å²) in [4.78, 5) is 35.7. The minimum Gasteiger partial charge on any atom is -0.467 e. The van der Waals surface area contributed by atoms with E-state index in [1.54, 1.807) is 19.1 Å². The van der Waals surface area contributed by atoms with E-state index in [-0.39, 0.29) is 19.7 Å². The molecule has 0 aliphatic carbocycles. The number of rotatable bonds is 4. The van der Waals surface area contributed by atoms with Crippen molar-refractivity contribution >= 4 is 17.8 Å². The summed E-state index contributed by atoms with van der Waals surface area (Å²) in [6.45, 7) is 1.94. The lowest BCUT2D eigenvalue weighted by molar-refractivity contribution is -0.142. The van der Waals surface area contributed by atoms with Gasteiger partial charge in [-0.2, -0.15) is 0 Å². The first-order valence-electron chi connectivity index (χ1n) is 5.80. The maximum Gasteiger partial charge on any atom is 0.509 e. The van der Waals surface area contributed by atoms with Gasteiger partial charge in [-0.3, -0.25) is 9.59 Å². The molecular weight excluding hydrogens is 254 g/mol. The van der Waals surface area contributed by atoms with Gasteiger partial charge < -0.3 is 18.8 Å². The molecular formula is C12H13NO6.